The Kier molecular flexibility index (Phi) is 3.77. The first-order valence-electron chi connectivity index (χ1n) is 5.59. The Balaban J connectivity index is 1.80. The fourth-order valence-corrected chi connectivity index (χ4v) is 1.77. The van der Waals surface area contributed by atoms with E-state index in [1.165, 1.54) is 0 Å². The minimum atomic E-state index is -0.375. The number of ether oxygens (including phenoxy) is 1. The molecule has 1 aliphatic heterocycles. The first-order chi connectivity index (χ1) is 7.84. The zero-order valence-corrected chi connectivity index (χ0v) is 9.11. The molecule has 1 fully saturated rings. The molecule has 0 bridgehead atoms. The third kappa shape index (κ3) is 3.24. The maximum atomic E-state index is 11.5. The first kappa shape index (κ1) is 11.0. The molecule has 0 aliphatic carbocycles. The molecule has 4 heteroatoms. The molecule has 1 aromatic rings. The molecule has 1 aromatic carbocycles. The van der Waals surface area contributed by atoms with Crippen molar-refractivity contribution in [2.45, 2.75) is 18.9 Å². The van der Waals surface area contributed by atoms with Gasteiger partial charge in [0.25, 0.3) is 0 Å². The van der Waals surface area contributed by atoms with Crippen molar-refractivity contribution in [1.29, 1.82) is 0 Å². The Labute approximate surface area is 95.0 Å². The summed E-state index contributed by atoms with van der Waals surface area (Å²) in [5.41, 5.74) is 0. The Morgan fingerprint density at radius 2 is 2.19 bits per heavy atom. The summed E-state index contributed by atoms with van der Waals surface area (Å²) in [6.07, 6.45) is 1.73. The summed E-state index contributed by atoms with van der Waals surface area (Å²) in [5, 5.41) is 6.08. The number of carbonyl (C=O) groups excluding carboxylic acids is 1. The summed E-state index contributed by atoms with van der Waals surface area (Å²) in [7, 11) is 0. The molecule has 0 radical (unpaired) electrons. The highest BCUT2D eigenvalue weighted by Crippen LogP contribution is 2.09. The van der Waals surface area contributed by atoms with Crippen LogP contribution in [0.5, 0.6) is 5.75 Å². The van der Waals surface area contributed by atoms with Gasteiger partial charge >= 0.3 is 6.09 Å². The molecule has 1 atom stereocenters. The maximum Gasteiger partial charge on any atom is 0.412 e. The van der Waals surface area contributed by atoms with E-state index < -0.39 is 0 Å². The van der Waals surface area contributed by atoms with Crippen molar-refractivity contribution in [3.63, 3.8) is 0 Å². The van der Waals surface area contributed by atoms with Gasteiger partial charge in [-0.25, -0.2) is 4.79 Å². The Morgan fingerprint density at radius 3 is 2.88 bits per heavy atom. The molecule has 86 valence electrons. The van der Waals surface area contributed by atoms with Crippen molar-refractivity contribution in [3.05, 3.63) is 30.3 Å². The summed E-state index contributed by atoms with van der Waals surface area (Å²) in [6, 6.07) is 9.27. The van der Waals surface area contributed by atoms with Crippen molar-refractivity contribution >= 4 is 6.09 Å². The van der Waals surface area contributed by atoms with Crippen molar-refractivity contribution in [3.8, 4) is 5.75 Å². The highest BCUT2D eigenvalue weighted by molar-refractivity contribution is 5.70. The molecule has 16 heavy (non-hydrogen) atoms. The van der Waals surface area contributed by atoms with E-state index in [4.69, 9.17) is 4.74 Å². The third-order valence-corrected chi connectivity index (χ3v) is 2.57. The van der Waals surface area contributed by atoms with Gasteiger partial charge in [0.1, 0.15) is 5.75 Å². The second-order valence-corrected chi connectivity index (χ2v) is 3.89. The molecule has 0 saturated carbocycles. The van der Waals surface area contributed by atoms with Crippen LogP contribution in [0.4, 0.5) is 4.79 Å². The number of para-hydroxylation sites is 1. The molecule has 0 spiro atoms. The second-order valence-electron chi connectivity index (χ2n) is 3.89. The summed E-state index contributed by atoms with van der Waals surface area (Å²) >= 11 is 0. The molecule has 2 rings (SSSR count). The van der Waals surface area contributed by atoms with Gasteiger partial charge in [-0.05, 0) is 31.5 Å². The van der Waals surface area contributed by atoms with Crippen molar-refractivity contribution in [1.82, 2.24) is 10.6 Å². The van der Waals surface area contributed by atoms with Crippen LogP contribution in [-0.4, -0.2) is 25.2 Å². The van der Waals surface area contributed by atoms with E-state index in [0.717, 1.165) is 25.9 Å². The number of amides is 1. The van der Waals surface area contributed by atoms with Crippen molar-refractivity contribution < 1.29 is 9.53 Å². The van der Waals surface area contributed by atoms with E-state index in [1.54, 1.807) is 12.1 Å². The molecule has 4 nitrogen and oxygen atoms in total. The number of hydrogen-bond acceptors (Lipinski definition) is 3. The van der Waals surface area contributed by atoms with Gasteiger partial charge < -0.3 is 15.4 Å². The Hall–Kier alpha value is -1.55. The van der Waals surface area contributed by atoms with E-state index >= 15 is 0 Å². The smallest absolute Gasteiger partial charge is 0.410 e. The lowest BCUT2D eigenvalue weighted by Gasteiger charge is -2.23. The van der Waals surface area contributed by atoms with Crippen LogP contribution >= 0.6 is 0 Å². The van der Waals surface area contributed by atoms with Gasteiger partial charge in [0, 0.05) is 12.6 Å². The SMILES string of the molecule is O=C(N[C@@H]1CCCNC1)Oc1ccccc1. The lowest BCUT2D eigenvalue weighted by molar-refractivity contribution is 0.193. The molecule has 0 unspecified atom stereocenters. The minimum Gasteiger partial charge on any atom is -0.410 e. The number of rotatable bonds is 2. The average molecular weight is 220 g/mol. The fourth-order valence-electron chi connectivity index (χ4n) is 1.77. The lowest BCUT2D eigenvalue weighted by atomic mass is 10.1. The van der Waals surface area contributed by atoms with E-state index in [2.05, 4.69) is 10.6 Å². The topological polar surface area (TPSA) is 50.4 Å². The van der Waals surface area contributed by atoms with Crippen LogP contribution in [0, 0.1) is 0 Å². The van der Waals surface area contributed by atoms with Crippen LogP contribution < -0.4 is 15.4 Å². The van der Waals surface area contributed by atoms with E-state index in [0.29, 0.717) is 5.75 Å². The van der Waals surface area contributed by atoms with Crippen molar-refractivity contribution in [2.24, 2.45) is 0 Å². The molecular weight excluding hydrogens is 204 g/mol. The first-order valence-corrected chi connectivity index (χ1v) is 5.59. The third-order valence-electron chi connectivity index (χ3n) is 2.57. The maximum absolute atomic E-state index is 11.5. The summed E-state index contributed by atoms with van der Waals surface area (Å²) in [4.78, 5) is 11.5. The van der Waals surface area contributed by atoms with Crippen LogP contribution in [0.1, 0.15) is 12.8 Å². The number of carbonyl (C=O) groups is 1. The highest BCUT2D eigenvalue weighted by Gasteiger charge is 2.15. The van der Waals surface area contributed by atoms with Gasteiger partial charge in [-0.15, -0.1) is 0 Å². The van der Waals surface area contributed by atoms with Gasteiger partial charge in [-0.1, -0.05) is 18.2 Å². The molecule has 1 heterocycles. The zero-order valence-electron chi connectivity index (χ0n) is 9.11. The number of nitrogens with one attached hydrogen (secondary N) is 2. The number of piperidine rings is 1. The molecule has 0 aromatic heterocycles. The molecule has 1 amide bonds. The monoisotopic (exact) mass is 220 g/mol. The van der Waals surface area contributed by atoms with E-state index in [9.17, 15) is 4.79 Å². The van der Waals surface area contributed by atoms with Crippen molar-refractivity contribution in [2.75, 3.05) is 13.1 Å². The number of benzene rings is 1. The summed E-state index contributed by atoms with van der Waals surface area (Å²) in [6.45, 7) is 1.86. The largest absolute Gasteiger partial charge is 0.412 e. The van der Waals surface area contributed by atoms with Crippen LogP contribution in [0.2, 0.25) is 0 Å². The highest BCUT2D eigenvalue weighted by atomic mass is 16.6. The minimum absolute atomic E-state index is 0.185. The van der Waals surface area contributed by atoms with Crippen LogP contribution in [0.15, 0.2) is 30.3 Å². The van der Waals surface area contributed by atoms with E-state index in [-0.39, 0.29) is 12.1 Å². The van der Waals surface area contributed by atoms with Gasteiger partial charge in [-0.2, -0.15) is 0 Å². The van der Waals surface area contributed by atoms with Gasteiger partial charge in [-0.3, -0.25) is 0 Å². The number of hydrogen-bond donors (Lipinski definition) is 2. The quantitative estimate of drug-likeness (QED) is 0.794. The average Bonchev–Trinajstić information content (AvgIpc) is 2.31. The van der Waals surface area contributed by atoms with Gasteiger partial charge in [0.15, 0.2) is 0 Å². The van der Waals surface area contributed by atoms with Crippen LogP contribution in [0.3, 0.4) is 0 Å². The van der Waals surface area contributed by atoms with Crippen LogP contribution in [0.25, 0.3) is 0 Å². The standard InChI is InChI=1S/C12H16N2O2/c15-12(14-10-5-4-8-13-9-10)16-11-6-2-1-3-7-11/h1-3,6-7,10,13H,4-5,8-9H2,(H,14,15)/t10-/m1/s1. The normalized spacial score (nSPS) is 20.1. The van der Waals surface area contributed by atoms with Gasteiger partial charge in [0.05, 0.1) is 0 Å². The lowest BCUT2D eigenvalue weighted by Crippen LogP contribution is -2.46. The molecule has 1 saturated heterocycles. The second kappa shape index (κ2) is 5.51. The predicted molar refractivity (Wildman–Crippen MR) is 61.5 cm³/mol. The summed E-state index contributed by atoms with van der Waals surface area (Å²) < 4.78 is 5.14. The van der Waals surface area contributed by atoms with E-state index in [1.807, 2.05) is 18.2 Å². The molecular formula is C12H16N2O2. The van der Waals surface area contributed by atoms with Crippen LogP contribution in [-0.2, 0) is 0 Å². The summed E-state index contributed by atoms with van der Waals surface area (Å²) in [5.74, 6) is 0.573. The molecule has 1 aliphatic rings. The fraction of sp³-hybridized carbons (Fsp3) is 0.417. The Morgan fingerprint density at radius 1 is 1.38 bits per heavy atom. The van der Waals surface area contributed by atoms with Gasteiger partial charge in [0.2, 0.25) is 0 Å². The molecule has 2 N–H and O–H groups in total. The predicted octanol–water partition coefficient (Wildman–Crippen LogP) is 1.53. The Bertz CT molecular complexity index is 334. The zero-order chi connectivity index (χ0) is 11.2.